The molecule has 140 valence electrons. The number of nitrogens with zero attached hydrogens (tertiary/aromatic N) is 1. The first-order valence-corrected chi connectivity index (χ1v) is 10.4. The van der Waals surface area contributed by atoms with Gasteiger partial charge in [-0.15, -0.1) is 0 Å². The van der Waals surface area contributed by atoms with Gasteiger partial charge in [0.15, 0.2) is 0 Å². The Morgan fingerprint density at radius 3 is 1.39 bits per heavy atom. The van der Waals surface area contributed by atoms with Crippen LogP contribution in [0.5, 0.6) is 0 Å². The van der Waals surface area contributed by atoms with Crippen LogP contribution < -0.4 is 4.90 Å². The van der Waals surface area contributed by atoms with Gasteiger partial charge in [0.2, 0.25) is 0 Å². The molecule has 0 aliphatic heterocycles. The zero-order chi connectivity index (χ0) is 19.8. The van der Waals surface area contributed by atoms with Crippen LogP contribution in [-0.4, -0.2) is 0 Å². The Hall–Kier alpha value is -2.84. The highest BCUT2D eigenvalue weighted by molar-refractivity contribution is 9.10. The normalized spacial score (nSPS) is 9.96. The molecule has 0 N–H and O–H groups in total. The second-order valence-electron chi connectivity index (χ2n) is 6.06. The van der Waals surface area contributed by atoms with Gasteiger partial charge in [-0.05, 0) is 59.7 Å². The first-order chi connectivity index (χ1) is 13.8. The highest BCUT2D eigenvalue weighted by Gasteiger charge is 2.12. The van der Waals surface area contributed by atoms with Crippen LogP contribution in [-0.2, 0) is 0 Å². The third-order valence-corrected chi connectivity index (χ3v) is 4.86. The zero-order valence-electron chi connectivity index (χ0n) is 16.2. The molecule has 0 amide bonds. The third-order valence-electron chi connectivity index (χ3n) is 4.33. The van der Waals surface area contributed by atoms with Crippen molar-refractivity contribution in [1.29, 1.82) is 0 Å². The Morgan fingerprint density at radius 2 is 0.857 bits per heavy atom. The monoisotopic (exact) mass is 429 g/mol. The van der Waals surface area contributed by atoms with E-state index in [1.54, 1.807) is 0 Å². The fourth-order valence-electron chi connectivity index (χ4n) is 3.05. The smallest absolute Gasteiger partial charge is 0.0462 e. The summed E-state index contributed by atoms with van der Waals surface area (Å²) in [5, 5.41) is 0. The highest BCUT2D eigenvalue weighted by atomic mass is 79.9. The van der Waals surface area contributed by atoms with Crippen molar-refractivity contribution in [2.24, 2.45) is 0 Å². The average molecular weight is 430 g/mol. The number of para-hydroxylation sites is 1. The molecule has 0 aliphatic rings. The Bertz CT molecular complexity index is 962. The quantitative estimate of drug-likeness (QED) is 0.313. The van der Waals surface area contributed by atoms with Crippen molar-refractivity contribution >= 4 is 33.0 Å². The summed E-state index contributed by atoms with van der Waals surface area (Å²) in [6, 6.07) is 38.0. The number of anilines is 3. The van der Waals surface area contributed by atoms with Gasteiger partial charge in [-0.1, -0.05) is 90.4 Å². The third kappa shape index (κ3) is 4.71. The van der Waals surface area contributed by atoms with Gasteiger partial charge in [0.25, 0.3) is 0 Å². The molecule has 28 heavy (non-hydrogen) atoms. The van der Waals surface area contributed by atoms with E-state index in [-0.39, 0.29) is 0 Å². The Kier molecular flexibility index (Phi) is 7.05. The lowest BCUT2D eigenvalue weighted by Crippen LogP contribution is -2.09. The van der Waals surface area contributed by atoms with Gasteiger partial charge in [-0.2, -0.15) is 0 Å². The van der Waals surface area contributed by atoms with Crippen molar-refractivity contribution in [1.82, 2.24) is 0 Å². The molecule has 0 bridgehead atoms. The summed E-state index contributed by atoms with van der Waals surface area (Å²) in [4.78, 5) is 2.27. The molecule has 0 saturated heterocycles. The van der Waals surface area contributed by atoms with E-state index in [4.69, 9.17) is 0 Å². The molecule has 1 nitrogen and oxygen atoms in total. The van der Waals surface area contributed by atoms with Crippen LogP contribution in [0, 0.1) is 0 Å². The number of hydrogen-bond acceptors (Lipinski definition) is 1. The number of halogens is 1. The molecule has 0 spiro atoms. The lowest BCUT2D eigenvalue weighted by molar-refractivity contribution is 1.28. The van der Waals surface area contributed by atoms with Crippen LogP contribution in [0.1, 0.15) is 13.8 Å². The molecular formula is C26H24BrN. The maximum Gasteiger partial charge on any atom is 0.0462 e. The van der Waals surface area contributed by atoms with E-state index < -0.39 is 0 Å². The minimum absolute atomic E-state index is 1.08. The number of hydrogen-bond donors (Lipinski definition) is 0. The fraction of sp³-hybridized carbons (Fsp3) is 0.0769. The van der Waals surface area contributed by atoms with E-state index in [1.165, 1.54) is 11.1 Å². The number of benzene rings is 4. The molecule has 2 heteroatoms. The minimum Gasteiger partial charge on any atom is -0.311 e. The summed E-state index contributed by atoms with van der Waals surface area (Å²) in [5.74, 6) is 0. The lowest BCUT2D eigenvalue weighted by atomic mass is 10.0. The summed E-state index contributed by atoms with van der Waals surface area (Å²) >= 11 is 3.52. The maximum absolute atomic E-state index is 3.52. The molecule has 0 saturated carbocycles. The average Bonchev–Trinajstić information content (AvgIpc) is 2.79. The summed E-state index contributed by atoms with van der Waals surface area (Å²) in [5.41, 5.74) is 5.86. The Morgan fingerprint density at radius 1 is 0.464 bits per heavy atom. The van der Waals surface area contributed by atoms with Crippen LogP contribution in [0.2, 0.25) is 0 Å². The lowest BCUT2D eigenvalue weighted by Gasteiger charge is -2.25. The molecule has 4 rings (SSSR count). The predicted octanol–water partition coefficient (Wildman–Crippen LogP) is 8.61. The summed E-state index contributed by atoms with van der Waals surface area (Å²) < 4.78 is 1.08. The zero-order valence-corrected chi connectivity index (χ0v) is 17.8. The van der Waals surface area contributed by atoms with Crippen LogP contribution in [0.4, 0.5) is 17.1 Å². The summed E-state index contributed by atoms with van der Waals surface area (Å²) in [6.45, 7) is 4.00. The molecular weight excluding hydrogens is 406 g/mol. The van der Waals surface area contributed by atoms with E-state index in [9.17, 15) is 0 Å². The summed E-state index contributed by atoms with van der Waals surface area (Å²) in [6.07, 6.45) is 0. The molecule has 0 aliphatic carbocycles. The van der Waals surface area contributed by atoms with Crippen LogP contribution >= 0.6 is 15.9 Å². The van der Waals surface area contributed by atoms with Crippen molar-refractivity contribution < 1.29 is 0 Å². The van der Waals surface area contributed by atoms with Gasteiger partial charge in [-0.3, -0.25) is 0 Å². The fourth-order valence-corrected chi connectivity index (χ4v) is 3.31. The molecule has 0 unspecified atom stereocenters. The van der Waals surface area contributed by atoms with E-state index in [2.05, 4.69) is 118 Å². The first-order valence-electron chi connectivity index (χ1n) is 9.57. The molecule has 0 atom stereocenters. The van der Waals surface area contributed by atoms with E-state index in [1.807, 2.05) is 26.0 Å². The van der Waals surface area contributed by atoms with Gasteiger partial charge >= 0.3 is 0 Å². The molecule has 0 heterocycles. The van der Waals surface area contributed by atoms with Gasteiger partial charge in [-0.25, -0.2) is 0 Å². The Labute approximate surface area is 176 Å². The van der Waals surface area contributed by atoms with Crippen molar-refractivity contribution in [2.45, 2.75) is 13.8 Å². The standard InChI is InChI=1S/C24H18BrN.C2H6/c25-21-13-17-24(18-14-21)26(22-9-5-2-6-10-22)23-15-11-20(12-16-23)19-7-3-1-4-8-19;1-2/h1-18H;1-2H3. The van der Waals surface area contributed by atoms with Crippen LogP contribution in [0.25, 0.3) is 11.1 Å². The van der Waals surface area contributed by atoms with Crippen LogP contribution in [0.3, 0.4) is 0 Å². The highest BCUT2D eigenvalue weighted by Crippen LogP contribution is 2.35. The van der Waals surface area contributed by atoms with Gasteiger partial charge in [0.1, 0.15) is 0 Å². The van der Waals surface area contributed by atoms with Crippen LogP contribution in [0.15, 0.2) is 114 Å². The van der Waals surface area contributed by atoms with Crippen molar-refractivity contribution in [3.05, 3.63) is 114 Å². The molecule has 4 aromatic rings. The Balaban J connectivity index is 0.00000109. The van der Waals surface area contributed by atoms with Gasteiger partial charge in [0, 0.05) is 21.5 Å². The molecule has 0 fully saturated rings. The van der Waals surface area contributed by atoms with E-state index >= 15 is 0 Å². The summed E-state index contributed by atoms with van der Waals surface area (Å²) in [7, 11) is 0. The molecule has 4 aromatic carbocycles. The van der Waals surface area contributed by atoms with Gasteiger partial charge < -0.3 is 4.90 Å². The van der Waals surface area contributed by atoms with Crippen molar-refractivity contribution in [2.75, 3.05) is 4.90 Å². The van der Waals surface area contributed by atoms with Gasteiger partial charge in [0.05, 0.1) is 0 Å². The maximum atomic E-state index is 3.52. The SMILES string of the molecule is Brc1ccc(N(c2ccccc2)c2ccc(-c3ccccc3)cc2)cc1.CC. The minimum atomic E-state index is 1.08. The number of rotatable bonds is 4. The van der Waals surface area contributed by atoms with Crippen molar-refractivity contribution in [3.63, 3.8) is 0 Å². The van der Waals surface area contributed by atoms with Crippen molar-refractivity contribution in [3.8, 4) is 11.1 Å². The molecule has 0 radical (unpaired) electrons. The second-order valence-corrected chi connectivity index (χ2v) is 6.98. The molecule has 0 aromatic heterocycles. The van der Waals surface area contributed by atoms with E-state index in [0.717, 1.165) is 21.5 Å². The predicted molar refractivity (Wildman–Crippen MR) is 126 cm³/mol. The largest absolute Gasteiger partial charge is 0.311 e. The van der Waals surface area contributed by atoms with E-state index in [0.29, 0.717) is 0 Å². The second kappa shape index (κ2) is 9.91. The first kappa shape index (κ1) is 19.9. The topological polar surface area (TPSA) is 3.24 Å².